The van der Waals surface area contributed by atoms with Crippen LogP contribution in [0.15, 0.2) is 94.5 Å². The second-order valence-electron chi connectivity index (χ2n) is 18.2. The highest BCUT2D eigenvalue weighted by Crippen LogP contribution is 2.49. The Hall–Kier alpha value is -5.38. The Bertz CT molecular complexity index is 2870. The van der Waals surface area contributed by atoms with Gasteiger partial charge in [-0.05, 0) is 90.4 Å². The first-order valence-electron chi connectivity index (χ1n) is 22.3. The number of nitro benzene ring substituents is 1. The number of anilines is 4. The molecule has 5 aromatic rings. The quantitative estimate of drug-likeness (QED) is 0.0799. The van der Waals surface area contributed by atoms with Crippen molar-refractivity contribution in [2.45, 2.75) is 60.6 Å². The van der Waals surface area contributed by atoms with Crippen molar-refractivity contribution in [3.63, 3.8) is 0 Å². The second-order valence-corrected chi connectivity index (χ2v) is 21.5. The molecular weight excluding hydrogens is 945 g/mol. The van der Waals surface area contributed by atoms with Crippen LogP contribution in [0, 0.1) is 15.5 Å². The maximum absolute atomic E-state index is 14.7. The van der Waals surface area contributed by atoms with E-state index in [4.69, 9.17) is 21.1 Å². The molecule has 2 atom stereocenters. The number of aromatic nitrogens is 2. The fraction of sp³-hybridized carbons (Fsp3) is 0.404. The van der Waals surface area contributed by atoms with Crippen LogP contribution in [0.5, 0.6) is 0 Å². The summed E-state index contributed by atoms with van der Waals surface area (Å²) in [6, 6.07) is 19.3. The molecule has 5 heterocycles. The average Bonchev–Trinajstić information content (AvgIpc) is 3.78. The van der Waals surface area contributed by atoms with Gasteiger partial charge >= 0.3 is 6.18 Å². The fourth-order valence-electron chi connectivity index (χ4n) is 9.19. The Morgan fingerprint density at radius 1 is 1.03 bits per heavy atom. The van der Waals surface area contributed by atoms with Crippen molar-refractivity contribution < 1.29 is 40.8 Å². The number of hydrogen-bond donors (Lipinski definition) is 3. The lowest BCUT2D eigenvalue weighted by Crippen LogP contribution is -2.47. The van der Waals surface area contributed by atoms with Gasteiger partial charge in [-0.3, -0.25) is 19.8 Å². The Kier molecular flexibility index (Phi) is 13.5. The summed E-state index contributed by atoms with van der Waals surface area (Å²) in [6.07, 6.45) is -0.443. The number of nitrogens with zero attached hydrogens (tertiary/aromatic N) is 5. The molecule has 2 aromatic heterocycles. The number of sulfonamides is 1. The molecule has 21 heteroatoms. The molecule has 15 nitrogen and oxygen atoms in total. The molecule has 4 aliphatic rings. The number of rotatable bonds is 12. The summed E-state index contributed by atoms with van der Waals surface area (Å²) >= 11 is 6.82. The van der Waals surface area contributed by atoms with Crippen LogP contribution in [-0.2, 0) is 19.5 Å². The maximum atomic E-state index is 14.7. The number of thioether (sulfide) groups is 1. The highest BCUT2D eigenvalue weighted by molar-refractivity contribution is 8.00. The molecule has 3 aromatic carbocycles. The first-order chi connectivity index (χ1) is 32.4. The minimum atomic E-state index is -4.78. The average molecular weight is 996 g/mol. The number of fused-ring (bicyclic) bond motifs is 2. The fourth-order valence-corrected chi connectivity index (χ4v) is 11.4. The molecule has 0 saturated carbocycles. The Labute approximate surface area is 400 Å². The first-order valence-corrected chi connectivity index (χ1v) is 25.0. The van der Waals surface area contributed by atoms with Gasteiger partial charge in [-0.1, -0.05) is 54.9 Å². The number of halogens is 4. The van der Waals surface area contributed by atoms with Gasteiger partial charge in [0.2, 0.25) is 0 Å². The summed E-state index contributed by atoms with van der Waals surface area (Å²) < 4.78 is 85.0. The van der Waals surface area contributed by atoms with E-state index in [1.165, 1.54) is 33.7 Å². The molecule has 1 amide bonds. The summed E-state index contributed by atoms with van der Waals surface area (Å²) in [6.45, 7) is 8.50. The molecule has 9 rings (SSSR count). The zero-order valence-electron chi connectivity index (χ0n) is 37.3. The van der Waals surface area contributed by atoms with Crippen LogP contribution >= 0.6 is 23.4 Å². The normalized spacial score (nSPS) is 20.3. The Balaban J connectivity index is 1.02. The number of H-pyrrole nitrogens is 1. The van der Waals surface area contributed by atoms with Gasteiger partial charge in [-0.15, -0.1) is 0 Å². The van der Waals surface area contributed by atoms with Crippen LogP contribution in [0.2, 0.25) is 5.02 Å². The molecule has 360 valence electrons. The third-order valence-corrected chi connectivity index (χ3v) is 15.7. The van der Waals surface area contributed by atoms with Gasteiger partial charge in [0.05, 0.1) is 52.7 Å². The van der Waals surface area contributed by atoms with Crippen molar-refractivity contribution >= 4 is 84.3 Å². The largest absolute Gasteiger partial charge is 0.402 e. The van der Waals surface area contributed by atoms with Crippen molar-refractivity contribution in [3.8, 4) is 0 Å². The van der Waals surface area contributed by atoms with E-state index >= 15 is 0 Å². The molecule has 1 aliphatic carbocycles. The molecule has 3 N–H and O–H groups in total. The third-order valence-electron chi connectivity index (χ3n) is 12.9. The first kappa shape index (κ1) is 47.7. The standard InChI is InChI=1S/C47H50ClF3N8O7S2/c1-46(2)13-11-31(37(24-46)29-3-5-32(48)6-4-29)26-56-15-17-57(18-16-56)33-7-9-36(39(22-33)58-27-42(47(49,50)51)67-45-41(58)21-30-12-14-52-43(30)54-45)44(60)55-68(63,64)35-8-10-38(40(23-35)59(61)62)53-25-34-28-65-19-20-66-34/h3-10,12,14,21-23,34,42,53H,11,13,15-20,24-28H2,1-2H3,(H,52,54)(H,55,60)/t34-,42+/m1/s1. The van der Waals surface area contributed by atoms with Gasteiger partial charge in [-0.25, -0.2) is 18.1 Å². The van der Waals surface area contributed by atoms with E-state index < -0.39 is 49.4 Å². The number of nitro groups is 1. The molecule has 0 bridgehead atoms. The van der Waals surface area contributed by atoms with Crippen molar-refractivity contribution in [2.24, 2.45) is 5.41 Å². The number of allylic oxidation sites excluding steroid dienone is 1. The summed E-state index contributed by atoms with van der Waals surface area (Å²) in [5, 5.41) is 14.5. The van der Waals surface area contributed by atoms with Crippen LogP contribution < -0.4 is 19.8 Å². The van der Waals surface area contributed by atoms with Gasteiger partial charge in [0.1, 0.15) is 21.6 Å². The van der Waals surface area contributed by atoms with Crippen molar-refractivity contribution in [1.82, 2.24) is 19.6 Å². The smallest absolute Gasteiger partial charge is 0.377 e. The number of amides is 1. The van der Waals surface area contributed by atoms with Crippen molar-refractivity contribution in [1.29, 1.82) is 0 Å². The number of carbonyl (C=O) groups is 1. The van der Waals surface area contributed by atoms with E-state index in [9.17, 15) is 36.5 Å². The van der Waals surface area contributed by atoms with Gasteiger partial charge < -0.3 is 29.6 Å². The molecule has 2 saturated heterocycles. The van der Waals surface area contributed by atoms with Gasteiger partial charge in [0, 0.05) is 74.2 Å². The van der Waals surface area contributed by atoms with E-state index in [1.54, 1.807) is 30.5 Å². The number of benzene rings is 3. The number of pyridine rings is 1. The number of carbonyl (C=O) groups excluding carboxylic acids is 1. The van der Waals surface area contributed by atoms with Crippen molar-refractivity contribution in [2.75, 3.05) is 80.8 Å². The number of alkyl halides is 3. The van der Waals surface area contributed by atoms with Crippen LogP contribution in [0.1, 0.15) is 49.0 Å². The monoisotopic (exact) mass is 994 g/mol. The second kappa shape index (κ2) is 19.2. The molecule has 68 heavy (non-hydrogen) atoms. The maximum Gasteiger partial charge on any atom is 0.402 e. The number of aromatic amines is 1. The number of hydrogen-bond acceptors (Lipinski definition) is 13. The predicted molar refractivity (Wildman–Crippen MR) is 257 cm³/mol. The Morgan fingerprint density at radius 3 is 2.53 bits per heavy atom. The third kappa shape index (κ3) is 10.4. The molecule has 3 aliphatic heterocycles. The van der Waals surface area contributed by atoms with Crippen LogP contribution in [-0.4, -0.2) is 117 Å². The van der Waals surface area contributed by atoms with E-state index in [-0.39, 0.29) is 46.6 Å². The predicted octanol–water partition coefficient (Wildman–Crippen LogP) is 9.03. The lowest BCUT2D eigenvalue weighted by Gasteiger charge is -2.40. The summed E-state index contributed by atoms with van der Waals surface area (Å²) in [5.74, 6) is -1.14. The van der Waals surface area contributed by atoms with Gasteiger partial charge in [0.25, 0.3) is 21.6 Å². The summed E-state index contributed by atoms with van der Waals surface area (Å²) in [5.41, 5.74) is 4.65. The minimum Gasteiger partial charge on any atom is -0.377 e. The highest BCUT2D eigenvalue weighted by Gasteiger charge is 2.46. The number of nitrogens with one attached hydrogen (secondary N) is 3. The zero-order chi connectivity index (χ0) is 48.0. The van der Waals surface area contributed by atoms with Crippen LogP contribution in [0.3, 0.4) is 0 Å². The summed E-state index contributed by atoms with van der Waals surface area (Å²) in [7, 11) is -4.78. The van der Waals surface area contributed by atoms with Gasteiger partial charge in [-0.2, -0.15) is 13.2 Å². The number of ether oxygens (including phenoxy) is 2. The molecular formula is C47H50ClF3N8O7S2. The topological polar surface area (TPSA) is 175 Å². The SMILES string of the molecule is CC1(C)CCC(CN2CCN(c3ccc(C(=O)NS(=O)(=O)c4ccc(NC[C@@H]5COCCO5)c([N+](=O)[O-])c4)c(N4C[C@@H](C(F)(F)F)Sc5nc6[nH]ccc6cc54)c3)CC2)=C(c2ccc(Cl)cc2)C1. The van der Waals surface area contributed by atoms with Crippen LogP contribution in [0.4, 0.5) is 41.6 Å². The lowest BCUT2D eigenvalue weighted by atomic mass is 9.72. The summed E-state index contributed by atoms with van der Waals surface area (Å²) in [4.78, 5) is 38.6. The van der Waals surface area contributed by atoms with E-state index in [0.717, 1.165) is 37.9 Å². The number of piperazine rings is 1. The molecule has 2 fully saturated rings. The molecule has 0 spiro atoms. The zero-order valence-corrected chi connectivity index (χ0v) is 39.7. The van der Waals surface area contributed by atoms with Crippen LogP contribution in [0.25, 0.3) is 16.6 Å². The molecule has 0 unspecified atom stereocenters. The van der Waals surface area contributed by atoms with Gasteiger partial charge in [0.15, 0.2) is 0 Å². The van der Waals surface area contributed by atoms with E-state index in [1.807, 2.05) is 16.9 Å². The minimum absolute atomic E-state index is 0.0250. The van der Waals surface area contributed by atoms with E-state index in [2.05, 4.69) is 51.1 Å². The van der Waals surface area contributed by atoms with Crippen molar-refractivity contribution in [3.05, 3.63) is 111 Å². The lowest BCUT2D eigenvalue weighted by molar-refractivity contribution is -0.384. The molecule has 0 radical (unpaired) electrons. The highest BCUT2D eigenvalue weighted by atomic mass is 35.5. The Morgan fingerprint density at radius 2 is 1.81 bits per heavy atom. The van der Waals surface area contributed by atoms with E-state index in [0.29, 0.717) is 78.6 Å².